The van der Waals surface area contributed by atoms with Crippen molar-refractivity contribution in [3.8, 4) is 5.75 Å². The van der Waals surface area contributed by atoms with Crippen molar-refractivity contribution in [2.45, 2.75) is 50.3 Å². The molecule has 0 bridgehead atoms. The van der Waals surface area contributed by atoms with E-state index in [2.05, 4.69) is 5.32 Å². The van der Waals surface area contributed by atoms with Crippen molar-refractivity contribution in [2.24, 2.45) is 0 Å². The average Bonchev–Trinajstić information content (AvgIpc) is 3.07. The molecule has 0 aliphatic heterocycles. The van der Waals surface area contributed by atoms with E-state index in [1.165, 1.54) is 30.2 Å². The Bertz CT molecular complexity index is 1800. The van der Waals surface area contributed by atoms with Gasteiger partial charge in [0.1, 0.15) is 18.3 Å². The third-order valence-electron chi connectivity index (χ3n) is 7.66. The number of carbonyl (C=O) groups excluding carboxylic acids is 2. The number of alkyl halides is 3. The first-order valence-electron chi connectivity index (χ1n) is 15.3. The molecule has 0 radical (unpaired) electrons. The molecular formula is C36H38F3N3O5S. The van der Waals surface area contributed by atoms with Gasteiger partial charge in [-0.3, -0.25) is 13.9 Å². The highest BCUT2D eigenvalue weighted by atomic mass is 32.2. The fourth-order valence-electron chi connectivity index (χ4n) is 5.09. The van der Waals surface area contributed by atoms with E-state index in [4.69, 9.17) is 4.74 Å². The van der Waals surface area contributed by atoms with Crippen LogP contribution in [0.4, 0.5) is 18.9 Å². The Hall–Kier alpha value is -4.84. The predicted octanol–water partition coefficient (Wildman–Crippen LogP) is 6.38. The molecule has 0 spiro atoms. The maximum absolute atomic E-state index is 14.5. The molecule has 0 aromatic heterocycles. The fraction of sp³-hybridized carbons (Fsp3) is 0.278. The highest BCUT2D eigenvalue weighted by Crippen LogP contribution is 2.33. The van der Waals surface area contributed by atoms with Gasteiger partial charge in [0, 0.05) is 19.5 Å². The minimum atomic E-state index is -4.77. The maximum atomic E-state index is 14.5. The largest absolute Gasteiger partial charge is 0.497 e. The van der Waals surface area contributed by atoms with Crippen LogP contribution in [0.25, 0.3) is 0 Å². The number of methoxy groups -OCH3 is 1. The van der Waals surface area contributed by atoms with Gasteiger partial charge in [-0.05, 0) is 66.9 Å². The van der Waals surface area contributed by atoms with Gasteiger partial charge >= 0.3 is 6.18 Å². The summed E-state index contributed by atoms with van der Waals surface area (Å²) < 4.78 is 75.6. The normalized spacial score (nSPS) is 12.2. The van der Waals surface area contributed by atoms with E-state index >= 15 is 0 Å². The van der Waals surface area contributed by atoms with Gasteiger partial charge in [-0.2, -0.15) is 13.2 Å². The number of hydrogen-bond acceptors (Lipinski definition) is 5. The number of sulfonamides is 1. The molecule has 0 saturated carbocycles. The van der Waals surface area contributed by atoms with Crippen molar-refractivity contribution < 1.29 is 35.9 Å². The smallest absolute Gasteiger partial charge is 0.416 e. The van der Waals surface area contributed by atoms with Crippen molar-refractivity contribution >= 4 is 27.5 Å². The van der Waals surface area contributed by atoms with Crippen LogP contribution in [0.15, 0.2) is 108 Å². The van der Waals surface area contributed by atoms with E-state index in [1.54, 1.807) is 55.5 Å². The first kappa shape index (κ1) is 36.0. The molecule has 0 aliphatic rings. The van der Waals surface area contributed by atoms with Gasteiger partial charge in [-0.15, -0.1) is 0 Å². The Kier molecular flexibility index (Phi) is 11.9. The van der Waals surface area contributed by atoms with Crippen LogP contribution < -0.4 is 14.4 Å². The van der Waals surface area contributed by atoms with E-state index in [1.807, 2.05) is 25.1 Å². The van der Waals surface area contributed by atoms with Crippen LogP contribution in [0.3, 0.4) is 0 Å². The number of nitrogens with zero attached hydrogens (tertiary/aromatic N) is 2. The van der Waals surface area contributed by atoms with Crippen molar-refractivity contribution in [3.05, 3.63) is 125 Å². The predicted molar refractivity (Wildman–Crippen MR) is 178 cm³/mol. The fourth-order valence-corrected chi connectivity index (χ4v) is 6.50. The van der Waals surface area contributed by atoms with Crippen LogP contribution in [-0.4, -0.2) is 51.4 Å². The molecule has 0 aliphatic carbocycles. The van der Waals surface area contributed by atoms with Gasteiger partial charge in [0.05, 0.1) is 23.3 Å². The Morgan fingerprint density at radius 3 is 2.19 bits per heavy atom. The molecule has 0 fully saturated rings. The van der Waals surface area contributed by atoms with Crippen molar-refractivity contribution in [3.63, 3.8) is 0 Å². The van der Waals surface area contributed by atoms with Gasteiger partial charge in [0.15, 0.2) is 0 Å². The second kappa shape index (κ2) is 15.8. The van der Waals surface area contributed by atoms with Crippen LogP contribution in [0, 0.1) is 6.92 Å². The molecule has 0 heterocycles. The molecule has 1 N–H and O–H groups in total. The highest BCUT2D eigenvalue weighted by molar-refractivity contribution is 7.92. The van der Waals surface area contributed by atoms with Gasteiger partial charge in [-0.1, -0.05) is 73.2 Å². The number of nitrogens with one attached hydrogen (secondary N) is 1. The second-order valence-electron chi connectivity index (χ2n) is 11.2. The van der Waals surface area contributed by atoms with Gasteiger partial charge in [-0.25, -0.2) is 8.42 Å². The quantitative estimate of drug-likeness (QED) is 0.167. The van der Waals surface area contributed by atoms with E-state index in [9.17, 15) is 31.2 Å². The van der Waals surface area contributed by atoms with Crippen molar-refractivity contribution in [2.75, 3.05) is 24.5 Å². The molecule has 4 rings (SSSR count). The molecule has 12 heteroatoms. The standard InChI is InChI=1S/C36H38F3N3O5S/c1-4-20-40-35(44)33(22-27-10-6-5-7-11-27)41(24-28-12-8-15-31(21-28)47-3)34(43)25-42(30-14-9-13-29(23-30)36(37,38)39)48(45,46)32-18-16-26(2)17-19-32/h5-19,21,23,33H,4,20,22,24-25H2,1-3H3,(H,40,44)/t33-/m0/s1. The molecule has 2 amide bonds. The number of benzene rings is 4. The molecular weight excluding hydrogens is 643 g/mol. The zero-order chi connectivity index (χ0) is 34.9. The lowest BCUT2D eigenvalue weighted by molar-refractivity contribution is -0.140. The van der Waals surface area contributed by atoms with Crippen LogP contribution in [-0.2, 0) is 38.8 Å². The summed E-state index contributed by atoms with van der Waals surface area (Å²) in [5, 5.41) is 2.85. The molecule has 4 aromatic carbocycles. The number of halogens is 3. The lowest BCUT2D eigenvalue weighted by Gasteiger charge is -2.34. The number of ether oxygens (including phenoxy) is 1. The second-order valence-corrected chi connectivity index (χ2v) is 13.1. The van der Waals surface area contributed by atoms with Gasteiger partial charge in [0.25, 0.3) is 10.0 Å². The first-order valence-corrected chi connectivity index (χ1v) is 16.8. The van der Waals surface area contributed by atoms with Crippen molar-refractivity contribution in [1.82, 2.24) is 10.2 Å². The van der Waals surface area contributed by atoms with Crippen LogP contribution >= 0.6 is 0 Å². The average molecular weight is 682 g/mol. The van der Waals surface area contributed by atoms with Crippen LogP contribution in [0.1, 0.15) is 35.6 Å². The Labute approximate surface area is 279 Å². The zero-order valence-electron chi connectivity index (χ0n) is 26.9. The molecule has 0 saturated heterocycles. The number of aryl methyl sites for hydroxylation is 1. The van der Waals surface area contributed by atoms with Crippen molar-refractivity contribution in [1.29, 1.82) is 0 Å². The summed E-state index contributed by atoms with van der Waals surface area (Å²) in [4.78, 5) is 29.3. The number of carbonyl (C=O) groups is 2. The number of hydrogen-bond donors (Lipinski definition) is 1. The Balaban J connectivity index is 1.85. The molecule has 1 atom stereocenters. The minimum absolute atomic E-state index is 0.0976. The minimum Gasteiger partial charge on any atom is -0.497 e. The Morgan fingerprint density at radius 1 is 0.875 bits per heavy atom. The zero-order valence-corrected chi connectivity index (χ0v) is 27.7. The van der Waals surface area contributed by atoms with E-state index < -0.39 is 46.2 Å². The molecule has 48 heavy (non-hydrogen) atoms. The molecule has 254 valence electrons. The van der Waals surface area contributed by atoms with Crippen LogP contribution in [0.2, 0.25) is 0 Å². The lowest BCUT2D eigenvalue weighted by Crippen LogP contribution is -2.53. The SMILES string of the molecule is CCCNC(=O)[C@H](Cc1ccccc1)N(Cc1cccc(OC)c1)C(=O)CN(c1cccc(C(F)(F)F)c1)S(=O)(=O)c1ccc(C)cc1. The summed E-state index contributed by atoms with van der Waals surface area (Å²) in [5.74, 6) is -0.745. The third-order valence-corrected chi connectivity index (χ3v) is 9.44. The Morgan fingerprint density at radius 2 is 1.54 bits per heavy atom. The summed E-state index contributed by atoms with van der Waals surface area (Å²) in [6, 6.07) is 24.4. The summed E-state index contributed by atoms with van der Waals surface area (Å²) in [5.41, 5.74) is 0.679. The summed E-state index contributed by atoms with van der Waals surface area (Å²) in [6.45, 7) is 2.98. The topological polar surface area (TPSA) is 96.0 Å². The summed E-state index contributed by atoms with van der Waals surface area (Å²) in [7, 11) is -3.08. The molecule has 0 unspecified atom stereocenters. The lowest BCUT2D eigenvalue weighted by atomic mass is 10.0. The number of rotatable bonds is 14. The third kappa shape index (κ3) is 9.15. The van der Waals surface area contributed by atoms with Crippen LogP contribution in [0.5, 0.6) is 5.75 Å². The number of anilines is 1. The molecule has 4 aromatic rings. The van der Waals surface area contributed by atoms with Gasteiger partial charge < -0.3 is 15.0 Å². The van der Waals surface area contributed by atoms with Gasteiger partial charge in [0.2, 0.25) is 11.8 Å². The summed E-state index contributed by atoms with van der Waals surface area (Å²) in [6.07, 6.45) is -4.04. The van der Waals surface area contributed by atoms with E-state index in [0.717, 1.165) is 23.3 Å². The maximum Gasteiger partial charge on any atom is 0.416 e. The monoisotopic (exact) mass is 681 g/mol. The first-order chi connectivity index (χ1) is 22.8. The number of amides is 2. The summed E-state index contributed by atoms with van der Waals surface area (Å²) >= 11 is 0. The van der Waals surface area contributed by atoms with E-state index in [0.29, 0.717) is 34.7 Å². The van der Waals surface area contributed by atoms with E-state index in [-0.39, 0.29) is 23.5 Å². The highest BCUT2D eigenvalue weighted by Gasteiger charge is 2.36. The molecule has 8 nitrogen and oxygen atoms in total.